The predicted octanol–water partition coefficient (Wildman–Crippen LogP) is 4.27. The average molecular weight is 343 g/mol. The van der Waals surface area contributed by atoms with E-state index in [1.165, 1.54) is 24.5 Å². The van der Waals surface area contributed by atoms with Crippen LogP contribution < -0.4 is 10.6 Å². The molecule has 1 aromatic heterocycles. The zero-order valence-corrected chi connectivity index (χ0v) is 13.1. The second-order valence-electron chi connectivity index (χ2n) is 4.88. The number of carbonyl (C=O) groups is 1. The summed E-state index contributed by atoms with van der Waals surface area (Å²) in [6, 6.07) is 12.6. The molecule has 0 saturated heterocycles. The van der Waals surface area contributed by atoms with Crippen LogP contribution in [0.25, 0.3) is 0 Å². The first-order valence-electron chi connectivity index (χ1n) is 7.02. The lowest BCUT2D eigenvalue weighted by atomic mass is 10.3. The molecule has 1 heterocycles. The molecular weight excluding hydrogens is 331 g/mol. The van der Waals surface area contributed by atoms with Crippen molar-refractivity contribution in [2.45, 2.75) is 0 Å². The highest BCUT2D eigenvalue weighted by Crippen LogP contribution is 2.16. The SMILES string of the molecule is O=C(Nc1ccc(Cl)cc1)c1cnc(Nc2ccc(F)cc2)cn1. The Balaban J connectivity index is 1.66. The molecule has 3 rings (SSSR count). The fourth-order valence-corrected chi connectivity index (χ4v) is 2.05. The van der Waals surface area contributed by atoms with Crippen molar-refractivity contribution in [1.82, 2.24) is 9.97 Å². The Hall–Kier alpha value is -2.99. The number of halogens is 2. The zero-order valence-electron chi connectivity index (χ0n) is 12.3. The number of nitrogens with zero attached hydrogens (tertiary/aromatic N) is 2. The molecule has 120 valence electrons. The third-order valence-electron chi connectivity index (χ3n) is 3.10. The van der Waals surface area contributed by atoms with Crippen molar-refractivity contribution in [3.63, 3.8) is 0 Å². The van der Waals surface area contributed by atoms with Gasteiger partial charge in [-0.1, -0.05) is 11.6 Å². The number of benzene rings is 2. The summed E-state index contributed by atoms with van der Waals surface area (Å²) >= 11 is 5.79. The fourth-order valence-electron chi connectivity index (χ4n) is 1.92. The van der Waals surface area contributed by atoms with Gasteiger partial charge in [0, 0.05) is 16.4 Å². The van der Waals surface area contributed by atoms with E-state index in [0.717, 1.165) is 0 Å². The summed E-state index contributed by atoms with van der Waals surface area (Å²) in [5.74, 6) is -0.247. The maximum Gasteiger partial charge on any atom is 0.275 e. The molecule has 0 bridgehead atoms. The van der Waals surface area contributed by atoms with Crippen molar-refractivity contribution >= 4 is 34.7 Å². The van der Waals surface area contributed by atoms with E-state index in [1.54, 1.807) is 36.4 Å². The molecule has 2 aromatic carbocycles. The number of anilines is 3. The van der Waals surface area contributed by atoms with Gasteiger partial charge in [0.15, 0.2) is 0 Å². The lowest BCUT2D eigenvalue weighted by Crippen LogP contribution is -2.14. The molecular formula is C17H12ClFN4O. The maximum atomic E-state index is 12.9. The van der Waals surface area contributed by atoms with Gasteiger partial charge in [0.1, 0.15) is 17.3 Å². The van der Waals surface area contributed by atoms with E-state index in [-0.39, 0.29) is 17.4 Å². The van der Waals surface area contributed by atoms with E-state index in [4.69, 9.17) is 11.6 Å². The van der Waals surface area contributed by atoms with Crippen LogP contribution in [0.2, 0.25) is 5.02 Å². The Kier molecular flexibility index (Phi) is 4.67. The third kappa shape index (κ3) is 4.05. The van der Waals surface area contributed by atoms with Crippen LogP contribution in [0.3, 0.4) is 0 Å². The van der Waals surface area contributed by atoms with Gasteiger partial charge >= 0.3 is 0 Å². The molecule has 7 heteroatoms. The summed E-state index contributed by atoms with van der Waals surface area (Å²) < 4.78 is 12.9. The Labute approximate surface area is 142 Å². The quantitative estimate of drug-likeness (QED) is 0.743. The molecule has 3 aromatic rings. The number of hydrogen-bond donors (Lipinski definition) is 2. The number of amides is 1. The van der Waals surface area contributed by atoms with Gasteiger partial charge in [0.25, 0.3) is 5.91 Å². The Bertz CT molecular complexity index is 836. The molecule has 0 spiro atoms. The van der Waals surface area contributed by atoms with Gasteiger partial charge in [-0.15, -0.1) is 0 Å². The van der Waals surface area contributed by atoms with Crippen LogP contribution in [0.4, 0.5) is 21.6 Å². The summed E-state index contributed by atoms with van der Waals surface area (Å²) in [5, 5.41) is 6.25. The number of hydrogen-bond acceptors (Lipinski definition) is 4. The molecule has 5 nitrogen and oxygen atoms in total. The first kappa shape index (κ1) is 15.9. The fraction of sp³-hybridized carbons (Fsp3) is 0. The summed E-state index contributed by atoms with van der Waals surface area (Å²) in [5.41, 5.74) is 1.46. The van der Waals surface area contributed by atoms with E-state index in [2.05, 4.69) is 20.6 Å². The topological polar surface area (TPSA) is 66.9 Å². The average Bonchev–Trinajstić information content (AvgIpc) is 2.59. The van der Waals surface area contributed by atoms with E-state index in [9.17, 15) is 9.18 Å². The molecule has 0 atom stereocenters. The number of rotatable bonds is 4. The molecule has 1 amide bonds. The predicted molar refractivity (Wildman–Crippen MR) is 91.1 cm³/mol. The monoisotopic (exact) mass is 342 g/mol. The van der Waals surface area contributed by atoms with Gasteiger partial charge in [-0.2, -0.15) is 0 Å². The standard InChI is InChI=1S/C17H12ClFN4O/c18-11-1-5-14(6-2-11)23-17(24)15-9-21-16(10-20-15)22-13-7-3-12(19)4-8-13/h1-10H,(H,21,22)(H,23,24). The van der Waals surface area contributed by atoms with Gasteiger partial charge in [-0.3, -0.25) is 4.79 Å². The smallest absolute Gasteiger partial charge is 0.275 e. The first-order chi connectivity index (χ1) is 11.6. The van der Waals surface area contributed by atoms with Gasteiger partial charge in [0.05, 0.1) is 12.4 Å². The van der Waals surface area contributed by atoms with E-state index < -0.39 is 0 Å². The van der Waals surface area contributed by atoms with Gasteiger partial charge in [0.2, 0.25) is 0 Å². The van der Waals surface area contributed by atoms with Crippen molar-refractivity contribution in [2.24, 2.45) is 0 Å². The Morgan fingerprint density at radius 1 is 0.917 bits per heavy atom. The number of carbonyl (C=O) groups excluding carboxylic acids is 1. The van der Waals surface area contributed by atoms with Crippen LogP contribution in [-0.2, 0) is 0 Å². The highest BCUT2D eigenvalue weighted by Gasteiger charge is 2.08. The third-order valence-corrected chi connectivity index (χ3v) is 3.36. The van der Waals surface area contributed by atoms with Crippen LogP contribution in [-0.4, -0.2) is 15.9 Å². The summed E-state index contributed by atoms with van der Waals surface area (Å²) in [6.07, 6.45) is 2.79. The maximum absolute atomic E-state index is 12.9. The molecule has 0 aliphatic rings. The summed E-state index contributed by atoms with van der Waals surface area (Å²) in [4.78, 5) is 20.3. The first-order valence-corrected chi connectivity index (χ1v) is 7.39. The van der Waals surface area contributed by atoms with E-state index >= 15 is 0 Å². The lowest BCUT2D eigenvalue weighted by molar-refractivity contribution is 0.102. The van der Waals surface area contributed by atoms with E-state index in [1.807, 2.05) is 0 Å². The summed E-state index contributed by atoms with van der Waals surface area (Å²) in [6.45, 7) is 0. The molecule has 0 unspecified atom stereocenters. The molecule has 2 N–H and O–H groups in total. The minimum absolute atomic E-state index is 0.176. The number of aromatic nitrogens is 2. The van der Waals surface area contributed by atoms with Crippen molar-refractivity contribution in [3.8, 4) is 0 Å². The zero-order chi connectivity index (χ0) is 16.9. The van der Waals surface area contributed by atoms with Crippen molar-refractivity contribution in [2.75, 3.05) is 10.6 Å². The van der Waals surface area contributed by atoms with E-state index in [0.29, 0.717) is 22.2 Å². The van der Waals surface area contributed by atoms with Crippen LogP contribution >= 0.6 is 11.6 Å². The van der Waals surface area contributed by atoms with Crippen LogP contribution in [0.5, 0.6) is 0 Å². The lowest BCUT2D eigenvalue weighted by Gasteiger charge is -2.07. The normalized spacial score (nSPS) is 10.2. The van der Waals surface area contributed by atoms with Gasteiger partial charge < -0.3 is 10.6 Å². The molecule has 0 saturated carbocycles. The number of nitrogens with one attached hydrogen (secondary N) is 2. The summed E-state index contributed by atoms with van der Waals surface area (Å²) in [7, 11) is 0. The molecule has 0 fully saturated rings. The highest BCUT2D eigenvalue weighted by atomic mass is 35.5. The highest BCUT2D eigenvalue weighted by molar-refractivity contribution is 6.30. The molecule has 0 aliphatic carbocycles. The van der Waals surface area contributed by atoms with Gasteiger partial charge in [-0.05, 0) is 48.5 Å². The van der Waals surface area contributed by atoms with Crippen molar-refractivity contribution in [1.29, 1.82) is 0 Å². The molecule has 0 aliphatic heterocycles. The minimum Gasteiger partial charge on any atom is -0.339 e. The molecule has 0 radical (unpaired) electrons. The second kappa shape index (κ2) is 7.06. The van der Waals surface area contributed by atoms with Gasteiger partial charge in [-0.25, -0.2) is 14.4 Å². The van der Waals surface area contributed by atoms with Crippen LogP contribution in [0.1, 0.15) is 10.5 Å². The largest absolute Gasteiger partial charge is 0.339 e. The second-order valence-corrected chi connectivity index (χ2v) is 5.32. The van der Waals surface area contributed by atoms with Crippen LogP contribution in [0, 0.1) is 5.82 Å². The van der Waals surface area contributed by atoms with Crippen molar-refractivity contribution < 1.29 is 9.18 Å². The Morgan fingerprint density at radius 3 is 2.21 bits per heavy atom. The molecule has 24 heavy (non-hydrogen) atoms. The van der Waals surface area contributed by atoms with Crippen molar-refractivity contribution in [3.05, 3.63) is 77.5 Å². The van der Waals surface area contributed by atoms with Crippen LogP contribution in [0.15, 0.2) is 60.9 Å². The minimum atomic E-state index is -0.377. The Morgan fingerprint density at radius 2 is 1.58 bits per heavy atom.